The topological polar surface area (TPSA) is 59.9 Å². The van der Waals surface area contributed by atoms with E-state index in [0.29, 0.717) is 24.6 Å². The summed E-state index contributed by atoms with van der Waals surface area (Å²) in [5.74, 6) is 0.0562. The summed E-state index contributed by atoms with van der Waals surface area (Å²) in [5.41, 5.74) is 2.59. The number of aromatic nitrogens is 1. The van der Waals surface area contributed by atoms with Gasteiger partial charge in [-0.05, 0) is 29.9 Å². The van der Waals surface area contributed by atoms with Gasteiger partial charge in [0.15, 0.2) is 12.3 Å². The zero-order chi connectivity index (χ0) is 18.9. The van der Waals surface area contributed by atoms with Crippen molar-refractivity contribution in [3.63, 3.8) is 0 Å². The average Bonchev–Trinajstić information content (AvgIpc) is 2.98. The summed E-state index contributed by atoms with van der Waals surface area (Å²) in [6.45, 7) is 3.22. The van der Waals surface area contributed by atoms with E-state index in [2.05, 4.69) is 0 Å². The largest absolute Gasteiger partial charge is 0.429 e. The number of nitrogens with one attached hydrogen (secondary N) is 1. The van der Waals surface area contributed by atoms with Crippen LogP contribution in [-0.2, 0) is 22.4 Å². The smallest absolute Gasteiger partial charge is 0.274 e. The molecule has 0 spiro atoms. The summed E-state index contributed by atoms with van der Waals surface area (Å²) in [7, 11) is -3.29. The minimum Gasteiger partial charge on any atom is -0.429 e. The third kappa shape index (κ3) is 3.98. The average molecular weight is 405 g/mol. The van der Waals surface area contributed by atoms with Crippen LogP contribution in [0, 0.1) is 4.84 Å². The first-order valence-corrected chi connectivity index (χ1v) is 11.0. The number of hydrogen-bond acceptors (Lipinski definition) is 4. The monoisotopic (exact) mass is 404 g/mol. The van der Waals surface area contributed by atoms with Gasteiger partial charge in [-0.25, -0.2) is 8.42 Å². The van der Waals surface area contributed by atoms with Crippen molar-refractivity contribution >= 4 is 33.3 Å². The molecule has 142 valence electrons. The van der Waals surface area contributed by atoms with E-state index in [1.807, 2.05) is 59.2 Å². The van der Waals surface area contributed by atoms with Crippen molar-refractivity contribution < 1.29 is 17.7 Å². The maximum Gasteiger partial charge on any atom is 0.274 e. The van der Waals surface area contributed by atoms with Gasteiger partial charge in [-0.15, -0.1) is 0 Å². The van der Waals surface area contributed by atoms with E-state index in [1.165, 1.54) is 4.90 Å². The van der Waals surface area contributed by atoms with Gasteiger partial charge < -0.3 is 9.32 Å². The third-order valence-electron chi connectivity index (χ3n) is 4.97. The molecule has 4 rings (SSSR count). The SMILES string of the molecule is O=S(=O)(Cc1ccccc1)N1CC[NH+](Cn2c(=S)oc3ccccc32)CC1. The van der Waals surface area contributed by atoms with Crippen LogP contribution in [0.3, 0.4) is 0 Å². The number of rotatable bonds is 5. The number of sulfonamides is 1. The van der Waals surface area contributed by atoms with Crippen LogP contribution in [0.2, 0.25) is 0 Å². The maximum atomic E-state index is 12.7. The minimum atomic E-state index is -3.29. The van der Waals surface area contributed by atoms with Crippen molar-refractivity contribution in [2.75, 3.05) is 26.2 Å². The fraction of sp³-hybridized carbons (Fsp3) is 0.316. The van der Waals surface area contributed by atoms with Crippen LogP contribution < -0.4 is 4.90 Å². The second kappa shape index (κ2) is 7.55. The second-order valence-corrected chi connectivity index (χ2v) is 9.13. The molecule has 1 aromatic heterocycles. The lowest BCUT2D eigenvalue weighted by molar-refractivity contribution is -0.926. The molecule has 1 saturated heterocycles. The predicted molar refractivity (Wildman–Crippen MR) is 106 cm³/mol. The number of benzene rings is 2. The van der Waals surface area contributed by atoms with E-state index in [1.54, 1.807) is 4.31 Å². The lowest BCUT2D eigenvalue weighted by atomic mass is 10.2. The quantitative estimate of drug-likeness (QED) is 0.657. The summed E-state index contributed by atoms with van der Waals surface area (Å²) in [4.78, 5) is 1.76. The highest BCUT2D eigenvalue weighted by Crippen LogP contribution is 2.16. The molecule has 1 N–H and O–H groups in total. The lowest BCUT2D eigenvalue weighted by Gasteiger charge is -2.31. The molecule has 0 saturated carbocycles. The molecule has 2 aromatic carbocycles. The number of hydrogen-bond donors (Lipinski definition) is 1. The van der Waals surface area contributed by atoms with Gasteiger partial charge in [0, 0.05) is 0 Å². The molecule has 1 aliphatic heterocycles. The van der Waals surface area contributed by atoms with Crippen LogP contribution in [0.4, 0.5) is 0 Å². The highest BCUT2D eigenvalue weighted by molar-refractivity contribution is 7.88. The van der Waals surface area contributed by atoms with Crippen molar-refractivity contribution in [3.05, 3.63) is 65.0 Å². The Kier molecular flexibility index (Phi) is 5.14. The van der Waals surface area contributed by atoms with Crippen LogP contribution in [0.5, 0.6) is 0 Å². The molecule has 0 aliphatic carbocycles. The number of para-hydroxylation sites is 2. The fourth-order valence-electron chi connectivity index (χ4n) is 3.50. The van der Waals surface area contributed by atoms with Crippen LogP contribution >= 0.6 is 12.2 Å². The lowest BCUT2D eigenvalue weighted by Crippen LogP contribution is -3.14. The molecule has 0 atom stereocenters. The summed E-state index contributed by atoms with van der Waals surface area (Å²) < 4.78 is 34.6. The Morgan fingerprint density at radius 2 is 1.67 bits per heavy atom. The van der Waals surface area contributed by atoms with Crippen LogP contribution in [-0.4, -0.2) is 43.5 Å². The van der Waals surface area contributed by atoms with Gasteiger partial charge in [0.2, 0.25) is 10.0 Å². The zero-order valence-corrected chi connectivity index (χ0v) is 16.5. The van der Waals surface area contributed by atoms with Gasteiger partial charge in [0.1, 0.15) is 0 Å². The minimum absolute atomic E-state index is 0.0562. The van der Waals surface area contributed by atoms with Crippen molar-refractivity contribution in [3.8, 4) is 0 Å². The van der Waals surface area contributed by atoms with E-state index in [-0.39, 0.29) is 5.75 Å². The normalized spacial score (nSPS) is 16.7. The summed E-state index contributed by atoms with van der Waals surface area (Å²) >= 11 is 5.35. The highest BCUT2D eigenvalue weighted by Gasteiger charge is 2.29. The van der Waals surface area contributed by atoms with Gasteiger partial charge in [-0.1, -0.05) is 42.5 Å². The van der Waals surface area contributed by atoms with Gasteiger partial charge in [0.05, 0.1) is 37.4 Å². The second-order valence-electron chi connectivity index (χ2n) is 6.81. The van der Waals surface area contributed by atoms with Crippen molar-refractivity contribution in [2.24, 2.45) is 0 Å². The molecular formula is C19H22N3O3S2+. The van der Waals surface area contributed by atoms with Gasteiger partial charge in [-0.3, -0.25) is 4.57 Å². The molecule has 0 unspecified atom stereocenters. The first-order chi connectivity index (χ1) is 13.0. The van der Waals surface area contributed by atoms with E-state index in [4.69, 9.17) is 16.6 Å². The van der Waals surface area contributed by atoms with Crippen molar-refractivity contribution in [1.29, 1.82) is 0 Å². The number of quaternary nitrogens is 1. The molecule has 1 aliphatic rings. The van der Waals surface area contributed by atoms with Gasteiger partial charge >= 0.3 is 0 Å². The molecule has 3 aromatic rings. The maximum absolute atomic E-state index is 12.7. The summed E-state index contributed by atoms with van der Waals surface area (Å²) in [5, 5.41) is 0. The summed E-state index contributed by atoms with van der Waals surface area (Å²) in [6, 6.07) is 17.1. The fourth-order valence-corrected chi connectivity index (χ4v) is 5.29. The Hall–Kier alpha value is -2.00. The Labute approximate surface area is 163 Å². The van der Waals surface area contributed by atoms with Crippen LogP contribution in [0.15, 0.2) is 59.0 Å². The molecule has 8 heteroatoms. The van der Waals surface area contributed by atoms with Gasteiger partial charge in [0.25, 0.3) is 4.84 Å². The highest BCUT2D eigenvalue weighted by atomic mass is 32.2. The molecular weight excluding hydrogens is 382 g/mol. The molecule has 1 fully saturated rings. The van der Waals surface area contributed by atoms with Crippen LogP contribution in [0.1, 0.15) is 5.56 Å². The molecule has 0 radical (unpaired) electrons. The van der Waals surface area contributed by atoms with Crippen molar-refractivity contribution in [2.45, 2.75) is 12.4 Å². The first-order valence-electron chi connectivity index (χ1n) is 8.97. The van der Waals surface area contributed by atoms with Crippen LogP contribution in [0.25, 0.3) is 11.1 Å². The molecule has 2 heterocycles. The third-order valence-corrected chi connectivity index (χ3v) is 7.12. The Morgan fingerprint density at radius 1 is 1.00 bits per heavy atom. The van der Waals surface area contributed by atoms with E-state index >= 15 is 0 Å². The standard InChI is InChI=1S/C19H21N3O3S2/c23-27(24,14-16-6-2-1-3-7-16)21-12-10-20(11-13-21)15-22-17-8-4-5-9-18(17)25-19(22)26/h1-9H,10-15H2/p+1. The summed E-state index contributed by atoms with van der Waals surface area (Å²) in [6.07, 6.45) is 0. The Bertz CT molecular complexity index is 1080. The van der Waals surface area contributed by atoms with E-state index in [0.717, 1.165) is 29.8 Å². The molecule has 27 heavy (non-hydrogen) atoms. The number of fused-ring (bicyclic) bond motifs is 1. The predicted octanol–water partition coefficient (Wildman–Crippen LogP) is 1.65. The Balaban J connectivity index is 1.41. The number of piperazine rings is 1. The van der Waals surface area contributed by atoms with E-state index < -0.39 is 10.0 Å². The Morgan fingerprint density at radius 3 is 2.41 bits per heavy atom. The zero-order valence-electron chi connectivity index (χ0n) is 14.9. The molecule has 0 amide bonds. The number of oxazole rings is 1. The van der Waals surface area contributed by atoms with Crippen molar-refractivity contribution in [1.82, 2.24) is 8.87 Å². The van der Waals surface area contributed by atoms with Gasteiger partial charge in [-0.2, -0.15) is 4.31 Å². The number of nitrogens with zero attached hydrogens (tertiary/aromatic N) is 2. The first kappa shape index (κ1) is 18.4. The van der Waals surface area contributed by atoms with E-state index in [9.17, 15) is 8.42 Å². The molecule has 0 bridgehead atoms. The molecule has 6 nitrogen and oxygen atoms in total.